The van der Waals surface area contributed by atoms with Gasteiger partial charge in [0.1, 0.15) is 0 Å². The summed E-state index contributed by atoms with van der Waals surface area (Å²) in [5, 5.41) is 22.9. The maximum absolute atomic E-state index is 13.4. The van der Waals surface area contributed by atoms with Crippen LogP contribution in [0.1, 0.15) is 43.5 Å². The maximum atomic E-state index is 13.4. The van der Waals surface area contributed by atoms with Gasteiger partial charge in [-0.2, -0.15) is 0 Å². The lowest BCUT2D eigenvalue weighted by molar-refractivity contribution is -0.175. The van der Waals surface area contributed by atoms with Crippen LogP contribution in [0.15, 0.2) is 12.1 Å². The molecule has 1 aliphatic rings. The van der Waals surface area contributed by atoms with E-state index >= 15 is 0 Å². The van der Waals surface area contributed by atoms with Gasteiger partial charge < -0.3 is 30.2 Å². The van der Waals surface area contributed by atoms with Crippen LogP contribution < -0.4 is 10.6 Å². The highest BCUT2D eigenvalue weighted by Gasteiger charge is 2.54. The second kappa shape index (κ2) is 11.4. The zero-order valence-corrected chi connectivity index (χ0v) is 19.4. The molecular formula is C20H22BClF2N2O9. The van der Waals surface area contributed by atoms with E-state index in [4.69, 9.17) is 26.0 Å². The van der Waals surface area contributed by atoms with Gasteiger partial charge in [0.15, 0.2) is 17.2 Å². The molecule has 0 spiro atoms. The molecule has 2 amide bonds. The van der Waals surface area contributed by atoms with Crippen LogP contribution in [0.5, 0.6) is 0 Å². The fourth-order valence-corrected chi connectivity index (χ4v) is 3.60. The molecule has 11 nitrogen and oxygen atoms in total. The number of carboxylic acids is 2. The molecule has 15 heteroatoms. The van der Waals surface area contributed by atoms with E-state index in [1.165, 1.54) is 0 Å². The zero-order chi connectivity index (χ0) is 26.5. The predicted molar refractivity (Wildman–Crippen MR) is 115 cm³/mol. The van der Waals surface area contributed by atoms with E-state index in [9.17, 15) is 37.9 Å². The van der Waals surface area contributed by atoms with Gasteiger partial charge in [0.25, 0.3) is 11.9 Å². The number of carbonyl (C=O) groups excluding carboxylic acids is 3. The van der Waals surface area contributed by atoms with Crippen LogP contribution in [0.2, 0.25) is 5.02 Å². The molecular weight excluding hydrogens is 496 g/mol. The van der Waals surface area contributed by atoms with Gasteiger partial charge in [-0.05, 0) is 24.5 Å². The largest absolute Gasteiger partial charge is 0.552 e. The first-order valence-corrected chi connectivity index (χ1v) is 10.7. The minimum absolute atomic E-state index is 0.120. The first kappa shape index (κ1) is 28.0. The average molecular weight is 519 g/mol. The molecule has 2 atom stereocenters. The summed E-state index contributed by atoms with van der Waals surface area (Å²) in [6.45, 7) is 2.83. The second-order valence-corrected chi connectivity index (χ2v) is 8.66. The van der Waals surface area contributed by atoms with E-state index in [2.05, 4.69) is 10.6 Å². The van der Waals surface area contributed by atoms with Gasteiger partial charge in [-0.25, -0.2) is 13.6 Å². The van der Waals surface area contributed by atoms with Crippen molar-refractivity contribution in [3.05, 3.63) is 34.4 Å². The molecule has 1 unspecified atom stereocenters. The van der Waals surface area contributed by atoms with Crippen LogP contribution in [0.3, 0.4) is 0 Å². The highest BCUT2D eigenvalue weighted by Crippen LogP contribution is 2.30. The molecule has 4 N–H and O–H groups in total. The molecule has 2 rings (SSSR count). The molecule has 0 radical (unpaired) electrons. The molecule has 1 saturated heterocycles. The zero-order valence-electron chi connectivity index (χ0n) is 18.6. The Hall–Kier alpha value is -3.26. The van der Waals surface area contributed by atoms with E-state index in [-0.39, 0.29) is 17.4 Å². The minimum Gasteiger partial charge on any atom is -0.508 e. The SMILES string of the molecule is CC(C)C[C@H](NC(=O)CNC(=O)c1cc(F)c(F)cc1Cl)B1OC(=O)CC(CC(=O)O)(C(=O)O)O1. The number of carboxylic acid groups (broad SMARTS) is 2. The number of carbonyl (C=O) groups is 5. The summed E-state index contributed by atoms with van der Waals surface area (Å²) < 4.78 is 37.1. The van der Waals surface area contributed by atoms with Crippen LogP contribution in [-0.2, 0) is 28.5 Å². The van der Waals surface area contributed by atoms with Crippen LogP contribution >= 0.6 is 11.6 Å². The standard InChI is InChI=1S/C20H22BClF2N2O9/c1-9(2)3-14(21-34-17(30)7-20(35-21,19(32)33)6-16(28)29)26-15(27)8-25-18(31)10-4-12(23)13(24)5-11(10)22/h4-5,9,14H,3,6-8H2,1-2H3,(H,25,31)(H,26,27)(H,28,29)(H,32,33)/t14-,20?/m0/s1. The Balaban J connectivity index is 2.14. The summed E-state index contributed by atoms with van der Waals surface area (Å²) in [5.41, 5.74) is -2.81. The van der Waals surface area contributed by atoms with E-state index in [1.807, 2.05) is 0 Å². The lowest BCUT2D eigenvalue weighted by Crippen LogP contribution is -2.61. The predicted octanol–water partition coefficient (Wildman–Crippen LogP) is 1.17. The first-order chi connectivity index (χ1) is 16.2. The summed E-state index contributed by atoms with van der Waals surface area (Å²) in [4.78, 5) is 59.8. The minimum atomic E-state index is -2.40. The molecule has 35 heavy (non-hydrogen) atoms. The van der Waals surface area contributed by atoms with Crippen molar-refractivity contribution in [2.24, 2.45) is 5.92 Å². The van der Waals surface area contributed by atoms with Gasteiger partial charge in [-0.1, -0.05) is 25.4 Å². The number of hydrogen-bond donors (Lipinski definition) is 4. The summed E-state index contributed by atoms with van der Waals surface area (Å²) >= 11 is 5.73. The average Bonchev–Trinajstić information content (AvgIpc) is 2.72. The number of hydrogen-bond acceptors (Lipinski definition) is 7. The molecule has 1 aliphatic heterocycles. The summed E-state index contributed by atoms with van der Waals surface area (Å²) in [5.74, 6) is -9.86. The fraction of sp³-hybridized carbons (Fsp3) is 0.450. The third-order valence-electron chi connectivity index (χ3n) is 4.91. The van der Waals surface area contributed by atoms with Gasteiger partial charge in [0, 0.05) is 0 Å². The van der Waals surface area contributed by atoms with Gasteiger partial charge in [-0.3, -0.25) is 19.2 Å². The number of aliphatic carboxylic acids is 2. The van der Waals surface area contributed by atoms with E-state index < -0.39 is 85.0 Å². The van der Waals surface area contributed by atoms with Crippen molar-refractivity contribution in [1.82, 2.24) is 10.6 Å². The molecule has 1 aromatic rings. The maximum Gasteiger partial charge on any atom is 0.552 e. The molecule has 1 heterocycles. The van der Waals surface area contributed by atoms with Crippen molar-refractivity contribution in [1.29, 1.82) is 0 Å². The van der Waals surface area contributed by atoms with Crippen LogP contribution in [0.25, 0.3) is 0 Å². The van der Waals surface area contributed by atoms with Gasteiger partial charge in [-0.15, -0.1) is 0 Å². The van der Waals surface area contributed by atoms with Crippen LogP contribution in [0, 0.1) is 17.6 Å². The van der Waals surface area contributed by atoms with Gasteiger partial charge in [0.05, 0.1) is 35.9 Å². The third kappa shape index (κ3) is 7.36. The molecule has 1 aromatic carbocycles. The fourth-order valence-electron chi connectivity index (χ4n) is 3.36. The van der Waals surface area contributed by atoms with Crippen molar-refractivity contribution < 1.29 is 52.3 Å². The Labute approximate surface area is 203 Å². The number of amides is 2. The van der Waals surface area contributed by atoms with Crippen molar-refractivity contribution >= 4 is 48.4 Å². The van der Waals surface area contributed by atoms with Crippen molar-refractivity contribution in [3.8, 4) is 0 Å². The van der Waals surface area contributed by atoms with Crippen molar-refractivity contribution in [2.45, 2.75) is 44.7 Å². The quantitative estimate of drug-likeness (QED) is 0.262. The van der Waals surface area contributed by atoms with Crippen LogP contribution in [-0.4, -0.2) is 65.1 Å². The monoisotopic (exact) mass is 518 g/mol. The van der Waals surface area contributed by atoms with E-state index in [1.54, 1.807) is 13.8 Å². The number of benzene rings is 1. The van der Waals surface area contributed by atoms with Gasteiger partial charge >= 0.3 is 19.1 Å². The number of rotatable bonds is 10. The highest BCUT2D eigenvalue weighted by atomic mass is 35.5. The Morgan fingerprint density at radius 1 is 1.20 bits per heavy atom. The Morgan fingerprint density at radius 3 is 2.40 bits per heavy atom. The smallest absolute Gasteiger partial charge is 0.508 e. The van der Waals surface area contributed by atoms with E-state index in [0.717, 1.165) is 0 Å². The van der Waals surface area contributed by atoms with Crippen LogP contribution in [0.4, 0.5) is 8.78 Å². The second-order valence-electron chi connectivity index (χ2n) is 8.26. The van der Waals surface area contributed by atoms with Crippen molar-refractivity contribution in [3.63, 3.8) is 0 Å². The molecule has 0 aliphatic carbocycles. The summed E-state index contributed by atoms with van der Waals surface area (Å²) in [7, 11) is -1.63. The number of nitrogens with one attached hydrogen (secondary N) is 2. The highest BCUT2D eigenvalue weighted by molar-refractivity contribution is 6.50. The topological polar surface area (TPSA) is 168 Å². The molecule has 0 bridgehead atoms. The summed E-state index contributed by atoms with van der Waals surface area (Å²) in [6.07, 6.45) is -1.75. The molecule has 1 fully saturated rings. The molecule has 190 valence electrons. The van der Waals surface area contributed by atoms with Gasteiger partial charge in [0.2, 0.25) is 5.91 Å². The van der Waals surface area contributed by atoms with Crippen molar-refractivity contribution in [2.75, 3.05) is 6.54 Å². The normalized spacial score (nSPS) is 18.6. The Morgan fingerprint density at radius 2 is 1.83 bits per heavy atom. The summed E-state index contributed by atoms with van der Waals surface area (Å²) in [6, 6.07) is 1.17. The lowest BCUT2D eigenvalue weighted by Gasteiger charge is -2.37. The third-order valence-corrected chi connectivity index (χ3v) is 5.22. The molecule has 0 aromatic heterocycles. The molecule has 0 saturated carbocycles. The lowest BCUT2D eigenvalue weighted by atomic mass is 9.70. The Bertz CT molecular complexity index is 1040. The number of halogens is 3. The Kier molecular flexibility index (Phi) is 9.15. The van der Waals surface area contributed by atoms with E-state index in [0.29, 0.717) is 12.1 Å². The first-order valence-electron chi connectivity index (χ1n) is 10.3.